The highest BCUT2D eigenvalue weighted by molar-refractivity contribution is 7.47. The molecule has 39 heavy (non-hydrogen) atoms. The van der Waals surface area contributed by atoms with E-state index in [2.05, 4.69) is 13.8 Å². The topological polar surface area (TPSA) is 134 Å². The number of unbranched alkanes of at least 4 members (excludes halogenated alkanes) is 16. The van der Waals surface area contributed by atoms with Gasteiger partial charge in [0.15, 0.2) is 6.10 Å². The van der Waals surface area contributed by atoms with Gasteiger partial charge in [0.2, 0.25) is 0 Å². The van der Waals surface area contributed by atoms with Gasteiger partial charge in [-0.3, -0.25) is 18.6 Å². The molecule has 0 saturated carbocycles. The predicted molar refractivity (Wildman–Crippen MR) is 155 cm³/mol. The van der Waals surface area contributed by atoms with Crippen LogP contribution in [0, 0.1) is 0 Å². The number of carbonyl (C=O) groups is 2. The van der Waals surface area contributed by atoms with Crippen molar-refractivity contribution in [3.8, 4) is 0 Å². The molecule has 0 aromatic heterocycles. The lowest BCUT2D eigenvalue weighted by Gasteiger charge is -2.19. The second kappa shape index (κ2) is 27.2. The molecule has 0 aliphatic rings. The molecule has 0 rings (SSSR count). The van der Waals surface area contributed by atoms with E-state index in [4.69, 9.17) is 24.3 Å². The van der Waals surface area contributed by atoms with Gasteiger partial charge in [-0.2, -0.15) is 0 Å². The Kier molecular flexibility index (Phi) is 26.5. The first-order valence-electron chi connectivity index (χ1n) is 15.5. The molecule has 0 bridgehead atoms. The van der Waals surface area contributed by atoms with Gasteiger partial charge in [0, 0.05) is 19.4 Å². The van der Waals surface area contributed by atoms with E-state index in [9.17, 15) is 19.0 Å². The van der Waals surface area contributed by atoms with Crippen LogP contribution in [0.3, 0.4) is 0 Å². The third kappa shape index (κ3) is 27.0. The van der Waals surface area contributed by atoms with Gasteiger partial charge in [-0.15, -0.1) is 0 Å². The SMILES string of the molecule is CCCCCCCCCCCCCCCCC(=O)OC(COC(=O)CCCCCC)COP(=O)(O)OCCN. The minimum Gasteiger partial charge on any atom is -0.462 e. The Morgan fingerprint density at radius 2 is 1.10 bits per heavy atom. The van der Waals surface area contributed by atoms with Crippen molar-refractivity contribution in [3.05, 3.63) is 0 Å². The lowest BCUT2D eigenvalue weighted by molar-refractivity contribution is -0.161. The summed E-state index contributed by atoms with van der Waals surface area (Å²) in [6.45, 7) is 3.58. The molecule has 9 nitrogen and oxygen atoms in total. The normalized spacial score (nSPS) is 13.6. The number of phosphoric acid groups is 1. The molecule has 0 aliphatic carbocycles. The van der Waals surface area contributed by atoms with E-state index in [-0.39, 0.29) is 32.6 Å². The molecule has 10 heteroatoms. The number of phosphoric ester groups is 1. The zero-order valence-corrected chi connectivity index (χ0v) is 25.8. The van der Waals surface area contributed by atoms with Crippen molar-refractivity contribution in [2.75, 3.05) is 26.4 Å². The molecule has 2 unspecified atom stereocenters. The zero-order chi connectivity index (χ0) is 29.0. The fourth-order valence-electron chi connectivity index (χ4n) is 4.16. The molecule has 0 aromatic rings. The van der Waals surface area contributed by atoms with E-state index >= 15 is 0 Å². The molecule has 0 saturated heterocycles. The average molecular weight is 580 g/mol. The molecule has 3 N–H and O–H groups in total. The number of esters is 2. The fraction of sp³-hybridized carbons (Fsp3) is 0.931. The summed E-state index contributed by atoms with van der Waals surface area (Å²) in [6, 6.07) is 0. The van der Waals surface area contributed by atoms with E-state index in [1.807, 2.05) is 0 Å². The number of hydrogen-bond acceptors (Lipinski definition) is 8. The van der Waals surface area contributed by atoms with Crippen LogP contribution in [0.25, 0.3) is 0 Å². The Balaban J connectivity index is 4.17. The highest BCUT2D eigenvalue weighted by Crippen LogP contribution is 2.43. The van der Waals surface area contributed by atoms with Crippen LogP contribution < -0.4 is 5.73 Å². The summed E-state index contributed by atoms with van der Waals surface area (Å²) in [7, 11) is -4.34. The Hall–Kier alpha value is -0.990. The Labute approximate surface area is 237 Å². The quantitative estimate of drug-likeness (QED) is 0.0529. The van der Waals surface area contributed by atoms with Crippen LogP contribution in [0.4, 0.5) is 0 Å². The first-order valence-corrected chi connectivity index (χ1v) is 17.0. The molecule has 0 aromatic carbocycles. The number of rotatable bonds is 29. The van der Waals surface area contributed by atoms with Crippen LogP contribution in [0.1, 0.15) is 142 Å². The first kappa shape index (κ1) is 38.0. The maximum Gasteiger partial charge on any atom is 0.472 e. The number of hydrogen-bond donors (Lipinski definition) is 2. The molecule has 2 atom stereocenters. The summed E-state index contributed by atoms with van der Waals surface area (Å²) in [5.74, 6) is -0.845. The van der Waals surface area contributed by atoms with E-state index < -0.39 is 32.5 Å². The van der Waals surface area contributed by atoms with Crippen LogP contribution in [-0.4, -0.2) is 49.3 Å². The van der Waals surface area contributed by atoms with Crippen LogP contribution in [0.2, 0.25) is 0 Å². The van der Waals surface area contributed by atoms with Crippen molar-refractivity contribution in [1.82, 2.24) is 0 Å². The highest BCUT2D eigenvalue weighted by Gasteiger charge is 2.25. The summed E-state index contributed by atoms with van der Waals surface area (Å²) in [6.07, 6.45) is 20.5. The van der Waals surface area contributed by atoms with Crippen molar-refractivity contribution >= 4 is 19.8 Å². The second-order valence-corrected chi connectivity index (χ2v) is 11.8. The third-order valence-electron chi connectivity index (χ3n) is 6.49. The molecule has 0 spiro atoms. The Morgan fingerprint density at radius 1 is 0.667 bits per heavy atom. The van der Waals surface area contributed by atoms with Gasteiger partial charge < -0.3 is 20.1 Å². The van der Waals surface area contributed by atoms with Crippen molar-refractivity contribution in [2.24, 2.45) is 5.73 Å². The van der Waals surface area contributed by atoms with Crippen molar-refractivity contribution in [2.45, 2.75) is 148 Å². The van der Waals surface area contributed by atoms with Gasteiger partial charge in [-0.1, -0.05) is 117 Å². The average Bonchev–Trinajstić information content (AvgIpc) is 2.91. The van der Waals surface area contributed by atoms with Gasteiger partial charge in [-0.25, -0.2) is 4.57 Å². The Bertz CT molecular complexity index is 634. The fourth-order valence-corrected chi connectivity index (χ4v) is 4.93. The molecule has 0 radical (unpaired) electrons. The van der Waals surface area contributed by atoms with Crippen LogP contribution in [0.5, 0.6) is 0 Å². The van der Waals surface area contributed by atoms with Gasteiger partial charge in [0.05, 0.1) is 13.2 Å². The van der Waals surface area contributed by atoms with Gasteiger partial charge in [-0.05, 0) is 12.8 Å². The standard InChI is InChI=1S/C29H58NO8P/c1-3-5-7-9-10-11-12-13-14-15-16-17-18-20-22-29(32)38-27(26-37-39(33,34)36-24-23-30)25-35-28(31)21-19-8-6-4-2/h27H,3-26,30H2,1-2H3,(H,33,34). The van der Waals surface area contributed by atoms with Gasteiger partial charge in [0.25, 0.3) is 0 Å². The predicted octanol–water partition coefficient (Wildman–Crippen LogP) is 7.38. The van der Waals surface area contributed by atoms with Crippen molar-refractivity contribution < 1.29 is 37.6 Å². The third-order valence-corrected chi connectivity index (χ3v) is 7.48. The molecule has 0 aliphatic heterocycles. The molecule has 0 amide bonds. The van der Waals surface area contributed by atoms with E-state index in [1.54, 1.807) is 0 Å². The second-order valence-electron chi connectivity index (χ2n) is 10.3. The van der Waals surface area contributed by atoms with Gasteiger partial charge >= 0.3 is 19.8 Å². The Morgan fingerprint density at radius 3 is 1.59 bits per heavy atom. The lowest BCUT2D eigenvalue weighted by atomic mass is 10.0. The van der Waals surface area contributed by atoms with Crippen LogP contribution in [-0.2, 0) is 32.7 Å². The minimum atomic E-state index is -4.34. The summed E-state index contributed by atoms with van der Waals surface area (Å²) >= 11 is 0. The maximum atomic E-state index is 12.4. The molecule has 0 heterocycles. The van der Waals surface area contributed by atoms with Crippen molar-refractivity contribution in [3.63, 3.8) is 0 Å². The molecule has 0 fully saturated rings. The largest absolute Gasteiger partial charge is 0.472 e. The number of nitrogens with two attached hydrogens (primary N) is 1. The summed E-state index contributed by atoms with van der Waals surface area (Å²) in [5.41, 5.74) is 5.28. The van der Waals surface area contributed by atoms with Crippen molar-refractivity contribution in [1.29, 1.82) is 0 Å². The summed E-state index contributed by atoms with van der Waals surface area (Å²) < 4.78 is 32.2. The van der Waals surface area contributed by atoms with E-state index in [0.29, 0.717) is 6.42 Å². The van der Waals surface area contributed by atoms with E-state index in [0.717, 1.165) is 38.5 Å². The zero-order valence-electron chi connectivity index (χ0n) is 24.9. The lowest BCUT2D eigenvalue weighted by Crippen LogP contribution is -2.29. The number of ether oxygens (including phenoxy) is 2. The molecule has 232 valence electrons. The smallest absolute Gasteiger partial charge is 0.462 e. The molecular formula is C29H58NO8P. The number of carbonyl (C=O) groups excluding carboxylic acids is 2. The summed E-state index contributed by atoms with van der Waals surface area (Å²) in [4.78, 5) is 34.1. The molecular weight excluding hydrogens is 521 g/mol. The minimum absolute atomic E-state index is 0.0567. The monoisotopic (exact) mass is 579 g/mol. The van der Waals surface area contributed by atoms with Gasteiger partial charge in [0.1, 0.15) is 6.61 Å². The van der Waals surface area contributed by atoms with E-state index in [1.165, 1.54) is 70.6 Å². The summed E-state index contributed by atoms with van der Waals surface area (Å²) in [5, 5.41) is 0. The maximum absolute atomic E-state index is 12.4. The van der Waals surface area contributed by atoms with Crippen LogP contribution in [0.15, 0.2) is 0 Å². The van der Waals surface area contributed by atoms with Crippen LogP contribution >= 0.6 is 7.82 Å². The first-order chi connectivity index (χ1) is 18.8. The highest BCUT2D eigenvalue weighted by atomic mass is 31.2.